The Labute approximate surface area is 132 Å². The van der Waals surface area contributed by atoms with E-state index in [1.165, 1.54) is 11.3 Å². The number of hydrogen-bond acceptors (Lipinski definition) is 4. The molecule has 2 atom stereocenters. The molecule has 0 saturated carbocycles. The van der Waals surface area contributed by atoms with Gasteiger partial charge in [0, 0.05) is 23.5 Å². The molecule has 0 bridgehead atoms. The highest BCUT2D eigenvalue weighted by Gasteiger charge is 2.39. The highest BCUT2D eigenvalue weighted by molar-refractivity contribution is 7.91. The number of aryl methyl sites for hydroxylation is 1. The molecule has 2 rings (SSSR count). The molecule has 0 spiro atoms. The summed E-state index contributed by atoms with van der Waals surface area (Å²) in [6.07, 6.45) is 2.83. The van der Waals surface area contributed by atoms with Gasteiger partial charge >= 0.3 is 0 Å². The fourth-order valence-corrected chi connectivity index (χ4v) is 6.61. The molecule has 0 aliphatic carbocycles. The second-order valence-corrected chi connectivity index (χ2v) is 8.98. The van der Waals surface area contributed by atoms with Crippen molar-refractivity contribution in [3.63, 3.8) is 0 Å². The van der Waals surface area contributed by atoms with Crippen LogP contribution in [0, 0.1) is 6.92 Å². The molecule has 1 N–H and O–H groups in total. The molecular formula is C15H26N2O2S2. The van der Waals surface area contributed by atoms with E-state index in [9.17, 15) is 8.42 Å². The minimum atomic E-state index is -3.35. The zero-order valence-electron chi connectivity index (χ0n) is 13.3. The molecule has 0 aromatic carbocycles. The Hall–Kier alpha value is -0.430. The topological polar surface area (TPSA) is 49.4 Å². The van der Waals surface area contributed by atoms with Crippen LogP contribution in [0.4, 0.5) is 0 Å². The SMILES string of the molecule is CCNCc1sc(S(=O)(=O)N2C(C)CCC2CC)cc1C. The first kappa shape index (κ1) is 16.9. The molecule has 2 unspecified atom stereocenters. The van der Waals surface area contributed by atoms with E-state index in [1.807, 2.05) is 19.9 Å². The van der Waals surface area contributed by atoms with Gasteiger partial charge in [0.1, 0.15) is 4.21 Å². The van der Waals surface area contributed by atoms with Crippen molar-refractivity contribution in [3.05, 3.63) is 16.5 Å². The van der Waals surface area contributed by atoms with Crippen molar-refractivity contribution in [1.29, 1.82) is 0 Å². The summed E-state index contributed by atoms with van der Waals surface area (Å²) in [5.41, 5.74) is 1.07. The molecule has 4 nitrogen and oxygen atoms in total. The lowest BCUT2D eigenvalue weighted by molar-refractivity contribution is 0.329. The summed E-state index contributed by atoms with van der Waals surface area (Å²) >= 11 is 1.42. The normalized spacial score (nSPS) is 23.8. The van der Waals surface area contributed by atoms with Gasteiger partial charge in [0.15, 0.2) is 0 Å². The van der Waals surface area contributed by atoms with E-state index in [2.05, 4.69) is 19.2 Å². The lowest BCUT2D eigenvalue weighted by Gasteiger charge is -2.26. The number of nitrogens with zero attached hydrogens (tertiary/aromatic N) is 1. The molecule has 1 aliphatic heterocycles. The number of rotatable bonds is 6. The lowest BCUT2D eigenvalue weighted by Crippen LogP contribution is -2.39. The fraction of sp³-hybridized carbons (Fsp3) is 0.733. The first-order valence-corrected chi connectivity index (χ1v) is 10.0. The van der Waals surface area contributed by atoms with Gasteiger partial charge in [-0.25, -0.2) is 8.42 Å². The van der Waals surface area contributed by atoms with Crippen molar-refractivity contribution >= 4 is 21.4 Å². The third-order valence-electron chi connectivity index (χ3n) is 4.25. The van der Waals surface area contributed by atoms with Crippen LogP contribution in [0.15, 0.2) is 10.3 Å². The van der Waals surface area contributed by atoms with E-state index < -0.39 is 10.0 Å². The highest BCUT2D eigenvalue weighted by Crippen LogP contribution is 2.36. The summed E-state index contributed by atoms with van der Waals surface area (Å²) in [4.78, 5) is 1.12. The van der Waals surface area contributed by atoms with Gasteiger partial charge in [0.2, 0.25) is 0 Å². The molecule has 1 saturated heterocycles. The molecular weight excluding hydrogens is 304 g/mol. The van der Waals surface area contributed by atoms with Gasteiger partial charge in [0.05, 0.1) is 0 Å². The molecule has 0 amide bonds. The first-order chi connectivity index (χ1) is 9.91. The Bertz CT molecular complexity index is 580. The predicted octanol–water partition coefficient (Wildman–Crippen LogP) is 3.12. The van der Waals surface area contributed by atoms with E-state index in [-0.39, 0.29) is 12.1 Å². The maximum atomic E-state index is 13.0. The average Bonchev–Trinajstić information content (AvgIpc) is 3.00. The summed E-state index contributed by atoms with van der Waals surface area (Å²) in [5, 5.41) is 3.27. The maximum Gasteiger partial charge on any atom is 0.253 e. The highest BCUT2D eigenvalue weighted by atomic mass is 32.2. The molecule has 21 heavy (non-hydrogen) atoms. The number of sulfonamides is 1. The van der Waals surface area contributed by atoms with E-state index >= 15 is 0 Å². The van der Waals surface area contributed by atoms with Gasteiger partial charge < -0.3 is 5.32 Å². The van der Waals surface area contributed by atoms with Crippen LogP contribution >= 0.6 is 11.3 Å². The van der Waals surface area contributed by atoms with E-state index in [4.69, 9.17) is 0 Å². The van der Waals surface area contributed by atoms with E-state index in [0.29, 0.717) is 4.21 Å². The fourth-order valence-electron chi connectivity index (χ4n) is 3.00. The van der Waals surface area contributed by atoms with Crippen molar-refractivity contribution < 1.29 is 8.42 Å². The van der Waals surface area contributed by atoms with Gasteiger partial charge in [-0.05, 0) is 51.3 Å². The average molecular weight is 331 g/mol. The van der Waals surface area contributed by atoms with Crippen LogP contribution in [0.3, 0.4) is 0 Å². The second-order valence-electron chi connectivity index (χ2n) is 5.78. The van der Waals surface area contributed by atoms with Crippen molar-refractivity contribution in [2.24, 2.45) is 0 Å². The Balaban J connectivity index is 2.31. The Morgan fingerprint density at radius 3 is 2.71 bits per heavy atom. The smallest absolute Gasteiger partial charge is 0.253 e. The standard InChI is InChI=1S/C15H26N2O2S2/c1-5-13-8-7-12(4)17(13)21(18,19)15-9-11(3)14(20-15)10-16-6-2/h9,12-13,16H,5-8,10H2,1-4H3. The van der Waals surface area contributed by atoms with Crippen molar-refractivity contribution in [1.82, 2.24) is 9.62 Å². The van der Waals surface area contributed by atoms with E-state index in [1.54, 1.807) is 4.31 Å². The molecule has 1 aromatic rings. The summed E-state index contributed by atoms with van der Waals surface area (Å²) in [5.74, 6) is 0. The van der Waals surface area contributed by atoms with Crippen LogP contribution in [0.1, 0.15) is 50.5 Å². The van der Waals surface area contributed by atoms with Crippen LogP contribution in [-0.4, -0.2) is 31.4 Å². The molecule has 1 aliphatic rings. The van der Waals surface area contributed by atoms with Crippen LogP contribution in [0.5, 0.6) is 0 Å². The predicted molar refractivity (Wildman–Crippen MR) is 88.2 cm³/mol. The third kappa shape index (κ3) is 3.33. The first-order valence-electron chi connectivity index (χ1n) is 7.75. The molecule has 0 radical (unpaired) electrons. The Morgan fingerprint density at radius 2 is 2.10 bits per heavy atom. The number of thiophene rings is 1. The lowest BCUT2D eigenvalue weighted by atomic mass is 10.2. The van der Waals surface area contributed by atoms with Crippen molar-refractivity contribution in [2.45, 2.75) is 69.8 Å². The zero-order valence-corrected chi connectivity index (χ0v) is 15.0. The number of nitrogens with one attached hydrogen (secondary N) is 1. The molecule has 1 fully saturated rings. The molecule has 120 valence electrons. The summed E-state index contributed by atoms with van der Waals surface area (Å²) < 4.78 is 28.2. The summed E-state index contributed by atoms with van der Waals surface area (Å²) in [6.45, 7) is 9.77. The number of hydrogen-bond donors (Lipinski definition) is 1. The summed E-state index contributed by atoms with van der Waals surface area (Å²) in [7, 11) is -3.35. The Morgan fingerprint density at radius 1 is 1.38 bits per heavy atom. The minimum absolute atomic E-state index is 0.111. The zero-order chi connectivity index (χ0) is 15.6. The summed E-state index contributed by atoms with van der Waals surface area (Å²) in [6, 6.07) is 2.11. The molecule has 1 aromatic heterocycles. The van der Waals surface area contributed by atoms with E-state index in [0.717, 1.165) is 42.8 Å². The molecule has 2 heterocycles. The van der Waals surface area contributed by atoms with Crippen LogP contribution in [0.25, 0.3) is 0 Å². The quantitative estimate of drug-likeness (QED) is 0.872. The van der Waals surface area contributed by atoms with Gasteiger partial charge in [0.25, 0.3) is 10.0 Å². The van der Waals surface area contributed by atoms with Crippen LogP contribution in [-0.2, 0) is 16.6 Å². The van der Waals surface area contributed by atoms with Gasteiger partial charge in [-0.1, -0.05) is 13.8 Å². The second kappa shape index (κ2) is 6.77. The van der Waals surface area contributed by atoms with Gasteiger partial charge in [-0.15, -0.1) is 11.3 Å². The van der Waals surface area contributed by atoms with Crippen LogP contribution in [0.2, 0.25) is 0 Å². The Kier molecular flexibility index (Phi) is 5.46. The largest absolute Gasteiger partial charge is 0.312 e. The maximum absolute atomic E-state index is 13.0. The van der Waals surface area contributed by atoms with Gasteiger partial charge in [-0.2, -0.15) is 4.31 Å². The minimum Gasteiger partial charge on any atom is -0.312 e. The van der Waals surface area contributed by atoms with Gasteiger partial charge in [-0.3, -0.25) is 0 Å². The third-order valence-corrected chi connectivity index (χ3v) is 8.00. The monoisotopic (exact) mass is 330 g/mol. The molecule has 6 heteroatoms. The van der Waals surface area contributed by atoms with Crippen molar-refractivity contribution in [3.8, 4) is 0 Å². The van der Waals surface area contributed by atoms with Crippen molar-refractivity contribution in [2.75, 3.05) is 6.54 Å². The van der Waals surface area contributed by atoms with Crippen LogP contribution < -0.4 is 5.32 Å².